The molecule has 0 aliphatic carbocycles. The second kappa shape index (κ2) is 21.1. The SMILES string of the molecule is CCCCCC(Sc1cc(C(C)(C)C)c(O)c(C(C)(C)C)c1)C(=O)[O-].CCCCCC(Sc1cc(C(C)(C)C)c(O)c(C(C)(C)C)c1)C(=O)[O-].[Ca+2]. The quantitative estimate of drug-likeness (QED) is 0.111. The summed E-state index contributed by atoms with van der Waals surface area (Å²) in [5.41, 5.74) is 2.53. The van der Waals surface area contributed by atoms with Crippen molar-refractivity contribution >= 4 is 73.2 Å². The number of hydrogen-bond donors (Lipinski definition) is 2. The van der Waals surface area contributed by atoms with Crippen LogP contribution >= 0.6 is 23.5 Å². The minimum absolute atomic E-state index is 0. The zero-order valence-corrected chi connectivity index (χ0v) is 38.0. The zero-order valence-electron chi connectivity index (χ0n) is 34.2. The molecule has 284 valence electrons. The van der Waals surface area contributed by atoms with Crippen molar-refractivity contribution in [1.29, 1.82) is 0 Å². The summed E-state index contributed by atoms with van der Waals surface area (Å²) in [5, 5.41) is 43.5. The molecule has 9 heteroatoms. The Morgan fingerprint density at radius 2 is 0.784 bits per heavy atom. The van der Waals surface area contributed by atoms with Crippen molar-refractivity contribution in [1.82, 2.24) is 0 Å². The molecule has 0 fully saturated rings. The van der Waals surface area contributed by atoms with E-state index >= 15 is 0 Å². The van der Waals surface area contributed by atoms with E-state index in [0.717, 1.165) is 70.6 Å². The number of carboxylic acid groups (broad SMARTS) is 2. The summed E-state index contributed by atoms with van der Waals surface area (Å²) in [6.45, 7) is 28.9. The van der Waals surface area contributed by atoms with Gasteiger partial charge in [0, 0.05) is 42.5 Å². The van der Waals surface area contributed by atoms with E-state index in [1.54, 1.807) is 0 Å². The maximum Gasteiger partial charge on any atom is 2.00 e. The second-order valence-corrected chi connectivity index (χ2v) is 20.1. The number of aromatic hydroxyl groups is 2. The van der Waals surface area contributed by atoms with Gasteiger partial charge in [0.05, 0.1) is 11.9 Å². The van der Waals surface area contributed by atoms with E-state index in [-0.39, 0.29) is 59.4 Å². The molecule has 2 N–H and O–H groups in total. The summed E-state index contributed by atoms with van der Waals surface area (Å²) >= 11 is 2.69. The molecule has 2 unspecified atom stereocenters. The van der Waals surface area contributed by atoms with E-state index in [1.165, 1.54) is 23.5 Å². The van der Waals surface area contributed by atoms with Crippen molar-refractivity contribution in [3.05, 3.63) is 46.5 Å². The third-order valence-electron chi connectivity index (χ3n) is 8.62. The molecule has 2 rings (SSSR count). The molecule has 51 heavy (non-hydrogen) atoms. The second-order valence-electron chi connectivity index (χ2n) is 17.6. The number of hydrogen-bond acceptors (Lipinski definition) is 8. The number of carbonyl (C=O) groups excluding carboxylic acids is 2. The molecule has 0 radical (unpaired) electrons. The molecule has 0 aliphatic heterocycles. The predicted molar refractivity (Wildman–Crippen MR) is 214 cm³/mol. The van der Waals surface area contributed by atoms with E-state index in [2.05, 4.69) is 96.9 Å². The number of phenols is 2. The van der Waals surface area contributed by atoms with E-state index in [9.17, 15) is 30.0 Å². The maximum absolute atomic E-state index is 11.5. The predicted octanol–water partition coefficient (Wildman–Crippen LogP) is 9.18. The Hall–Kier alpha value is -1.06. The molecule has 0 bridgehead atoms. The third kappa shape index (κ3) is 16.5. The van der Waals surface area contributed by atoms with Crippen LogP contribution in [0.3, 0.4) is 0 Å². The molecule has 0 amide bonds. The molecule has 0 saturated carbocycles. The van der Waals surface area contributed by atoms with Crippen LogP contribution in [0.4, 0.5) is 0 Å². The minimum atomic E-state index is -1.01. The Morgan fingerprint density at radius 3 is 0.961 bits per heavy atom. The van der Waals surface area contributed by atoms with Gasteiger partial charge in [-0.2, -0.15) is 0 Å². The molecule has 2 aromatic rings. The van der Waals surface area contributed by atoms with Crippen molar-refractivity contribution in [3.8, 4) is 11.5 Å². The van der Waals surface area contributed by atoms with Gasteiger partial charge in [-0.05, 0) is 58.8 Å². The van der Waals surface area contributed by atoms with Crippen molar-refractivity contribution < 1.29 is 30.0 Å². The summed E-state index contributed by atoms with van der Waals surface area (Å²) in [6.07, 6.45) is 7.17. The van der Waals surface area contributed by atoms with Crippen LogP contribution in [-0.4, -0.2) is 70.4 Å². The molecule has 0 heterocycles. The van der Waals surface area contributed by atoms with Gasteiger partial charge in [0.2, 0.25) is 0 Å². The fraction of sp³-hybridized carbons (Fsp3) is 0.667. The molecule has 2 atom stereocenters. The number of unbranched alkanes of at least 4 members (excludes halogenated alkanes) is 4. The summed E-state index contributed by atoms with van der Waals surface area (Å²) < 4.78 is 0. The number of phenolic OH excluding ortho intramolecular Hbond substituents is 2. The first-order chi connectivity index (χ1) is 22.7. The van der Waals surface area contributed by atoms with E-state index in [1.807, 2.05) is 24.3 Å². The summed E-state index contributed by atoms with van der Waals surface area (Å²) in [7, 11) is 0. The van der Waals surface area contributed by atoms with E-state index < -0.39 is 22.4 Å². The van der Waals surface area contributed by atoms with Gasteiger partial charge in [-0.1, -0.05) is 135 Å². The largest absolute Gasteiger partial charge is 2.00 e. The van der Waals surface area contributed by atoms with Crippen LogP contribution < -0.4 is 10.2 Å². The van der Waals surface area contributed by atoms with E-state index in [0.29, 0.717) is 24.3 Å². The summed E-state index contributed by atoms with van der Waals surface area (Å²) in [5.74, 6) is -1.38. The molecule has 2 aromatic carbocycles. The van der Waals surface area contributed by atoms with Crippen LogP contribution in [0.1, 0.15) is 171 Å². The fourth-order valence-electron chi connectivity index (χ4n) is 5.58. The first kappa shape index (κ1) is 49.9. The number of benzene rings is 2. The van der Waals surface area contributed by atoms with Crippen LogP contribution in [0.25, 0.3) is 0 Å². The normalized spacial score (nSPS) is 13.5. The molecule has 0 saturated heterocycles. The molecular formula is C42H66CaO6S2. The molecule has 0 aliphatic rings. The Morgan fingerprint density at radius 1 is 0.549 bits per heavy atom. The van der Waals surface area contributed by atoms with Gasteiger partial charge in [-0.3, -0.25) is 0 Å². The van der Waals surface area contributed by atoms with Crippen LogP contribution in [0.2, 0.25) is 0 Å². The third-order valence-corrected chi connectivity index (χ3v) is 11.1. The first-order valence-electron chi connectivity index (χ1n) is 18.3. The monoisotopic (exact) mass is 770 g/mol. The van der Waals surface area contributed by atoms with E-state index in [4.69, 9.17) is 0 Å². The van der Waals surface area contributed by atoms with Crippen LogP contribution in [0.15, 0.2) is 34.1 Å². The van der Waals surface area contributed by atoms with Crippen molar-refractivity contribution in [2.24, 2.45) is 0 Å². The Labute approximate surface area is 348 Å². The molecule has 0 aromatic heterocycles. The van der Waals surface area contributed by atoms with Crippen LogP contribution in [0.5, 0.6) is 11.5 Å². The van der Waals surface area contributed by atoms with Crippen LogP contribution in [0, 0.1) is 0 Å². The molecular weight excluding hydrogens is 705 g/mol. The van der Waals surface area contributed by atoms with Gasteiger partial charge in [-0.15, -0.1) is 23.5 Å². The van der Waals surface area contributed by atoms with Gasteiger partial charge < -0.3 is 30.0 Å². The van der Waals surface area contributed by atoms with Gasteiger partial charge >= 0.3 is 37.7 Å². The average Bonchev–Trinajstić information content (AvgIpc) is 2.95. The number of rotatable bonds is 14. The molecule has 0 spiro atoms. The minimum Gasteiger partial charge on any atom is -0.549 e. The Kier molecular flexibility index (Phi) is 20.7. The van der Waals surface area contributed by atoms with Crippen molar-refractivity contribution in [3.63, 3.8) is 0 Å². The standard InChI is InChI=1S/2C21H34O3S.Ca/c2*1-8-9-10-11-17(19(23)24)25-14-12-15(20(2,3)4)18(22)16(13-14)21(5,6)7;/h2*12-13,17,22H,8-11H2,1-7H3,(H,23,24);/q;;+2/p-2. The maximum atomic E-state index is 11.5. The summed E-state index contributed by atoms with van der Waals surface area (Å²) in [4.78, 5) is 24.9. The number of carboxylic acids is 2. The Bertz CT molecular complexity index is 1230. The number of aliphatic carboxylic acids is 2. The van der Waals surface area contributed by atoms with Gasteiger partial charge in [0.15, 0.2) is 0 Å². The van der Waals surface area contributed by atoms with Crippen molar-refractivity contribution in [2.75, 3.05) is 0 Å². The van der Waals surface area contributed by atoms with Crippen molar-refractivity contribution in [2.45, 2.75) is 190 Å². The van der Waals surface area contributed by atoms with Gasteiger partial charge in [0.1, 0.15) is 11.5 Å². The zero-order chi connectivity index (χ0) is 38.8. The molecule has 6 nitrogen and oxygen atoms in total. The first-order valence-corrected chi connectivity index (χ1v) is 20.0. The van der Waals surface area contributed by atoms with Gasteiger partial charge in [0.25, 0.3) is 0 Å². The average molecular weight is 771 g/mol. The van der Waals surface area contributed by atoms with Gasteiger partial charge in [-0.25, -0.2) is 0 Å². The summed E-state index contributed by atoms with van der Waals surface area (Å²) in [6, 6.07) is 7.74. The smallest absolute Gasteiger partial charge is 0.549 e. The topological polar surface area (TPSA) is 121 Å². The number of thioether (sulfide) groups is 2. The number of carbonyl (C=O) groups is 2. The Balaban J connectivity index is 0.000000962. The fourth-order valence-corrected chi connectivity index (χ4v) is 7.74. The van der Waals surface area contributed by atoms with Crippen LogP contribution in [-0.2, 0) is 31.2 Å².